The Bertz CT molecular complexity index is 1340. The van der Waals surface area contributed by atoms with Crippen molar-refractivity contribution in [2.24, 2.45) is 0 Å². The second kappa shape index (κ2) is 8.80. The van der Waals surface area contributed by atoms with E-state index in [9.17, 15) is 0 Å². The van der Waals surface area contributed by atoms with Crippen LogP contribution in [0.25, 0.3) is 22.0 Å². The molecule has 0 bridgehead atoms. The van der Waals surface area contributed by atoms with Crippen molar-refractivity contribution in [1.29, 1.82) is 0 Å². The fourth-order valence-electron chi connectivity index (χ4n) is 5.42. The van der Waals surface area contributed by atoms with Crippen LogP contribution in [0.2, 0.25) is 0 Å². The highest BCUT2D eigenvalue weighted by Crippen LogP contribution is 2.37. The lowest BCUT2D eigenvalue weighted by Crippen LogP contribution is -2.36. The van der Waals surface area contributed by atoms with E-state index >= 15 is 0 Å². The molecule has 2 aromatic heterocycles. The van der Waals surface area contributed by atoms with Gasteiger partial charge in [0, 0.05) is 35.2 Å². The normalized spacial score (nSPS) is 18.9. The Balaban J connectivity index is 1.35. The Kier molecular flexibility index (Phi) is 5.50. The van der Waals surface area contributed by atoms with E-state index in [1.54, 1.807) is 6.33 Å². The highest BCUT2D eigenvalue weighted by molar-refractivity contribution is 5.95. The van der Waals surface area contributed by atoms with Crippen molar-refractivity contribution < 1.29 is 0 Å². The number of rotatable bonds is 4. The molecule has 172 valence electrons. The number of allylic oxidation sites excluding steroid dienone is 5. The molecule has 1 saturated heterocycles. The summed E-state index contributed by atoms with van der Waals surface area (Å²) in [5.74, 6) is 0.945. The van der Waals surface area contributed by atoms with E-state index in [4.69, 9.17) is 4.98 Å². The fraction of sp³-hybridized carbons (Fsp3) is 0.345. The Labute approximate surface area is 201 Å². The minimum Gasteiger partial charge on any atom is -0.367 e. The zero-order valence-electron chi connectivity index (χ0n) is 20.0. The number of aromatic nitrogens is 3. The van der Waals surface area contributed by atoms with E-state index in [2.05, 4.69) is 76.6 Å². The molecule has 2 aliphatic carbocycles. The van der Waals surface area contributed by atoms with Gasteiger partial charge < -0.3 is 10.2 Å². The Hall–Kier alpha value is -3.31. The van der Waals surface area contributed by atoms with Gasteiger partial charge >= 0.3 is 0 Å². The number of fused-ring (bicyclic) bond motifs is 2. The zero-order valence-corrected chi connectivity index (χ0v) is 20.0. The highest BCUT2D eigenvalue weighted by Gasteiger charge is 2.21. The van der Waals surface area contributed by atoms with Crippen molar-refractivity contribution in [3.63, 3.8) is 0 Å². The summed E-state index contributed by atoms with van der Waals surface area (Å²) >= 11 is 0. The van der Waals surface area contributed by atoms with E-state index < -0.39 is 0 Å². The lowest BCUT2D eigenvalue weighted by molar-refractivity contribution is 0.264. The first-order valence-electron chi connectivity index (χ1n) is 12.4. The topological polar surface area (TPSA) is 53.9 Å². The molecule has 5 nitrogen and oxygen atoms in total. The van der Waals surface area contributed by atoms with Crippen LogP contribution < -0.4 is 5.32 Å². The number of hydrogen-bond acceptors (Lipinski definition) is 5. The van der Waals surface area contributed by atoms with Gasteiger partial charge in [-0.15, -0.1) is 0 Å². The first-order valence-corrected chi connectivity index (χ1v) is 12.4. The van der Waals surface area contributed by atoms with Crippen molar-refractivity contribution >= 4 is 27.9 Å². The molecule has 34 heavy (non-hydrogen) atoms. The van der Waals surface area contributed by atoms with E-state index in [0.717, 1.165) is 67.6 Å². The van der Waals surface area contributed by atoms with Crippen LogP contribution in [0.4, 0.5) is 5.82 Å². The maximum absolute atomic E-state index is 4.85. The maximum Gasteiger partial charge on any atom is 0.137 e. The van der Waals surface area contributed by atoms with Crippen LogP contribution in [0.5, 0.6) is 0 Å². The summed E-state index contributed by atoms with van der Waals surface area (Å²) in [6, 6.07) is 9.35. The van der Waals surface area contributed by atoms with Gasteiger partial charge in [0.1, 0.15) is 12.1 Å². The molecule has 0 saturated carbocycles. The van der Waals surface area contributed by atoms with E-state index in [1.807, 2.05) is 6.20 Å². The van der Waals surface area contributed by atoms with Crippen molar-refractivity contribution in [2.75, 3.05) is 25.5 Å². The number of nitrogens with zero attached hydrogens (tertiary/aromatic N) is 4. The van der Waals surface area contributed by atoms with E-state index in [-0.39, 0.29) is 0 Å². The van der Waals surface area contributed by atoms with Crippen LogP contribution in [-0.2, 0) is 6.42 Å². The van der Waals surface area contributed by atoms with Gasteiger partial charge in [0.15, 0.2) is 0 Å². The SMILES string of the molecule is CC1=C(c2cnc3c(c2)C(c2ccc4ncnc(NC5CCN(C)CC5)c4c2)=CC3)C=CCC1. The van der Waals surface area contributed by atoms with Gasteiger partial charge in [0.05, 0.1) is 11.2 Å². The molecule has 3 heterocycles. The van der Waals surface area contributed by atoms with Gasteiger partial charge in [-0.1, -0.05) is 29.9 Å². The first kappa shape index (κ1) is 21.2. The quantitative estimate of drug-likeness (QED) is 0.558. The van der Waals surface area contributed by atoms with Gasteiger partial charge in [-0.2, -0.15) is 0 Å². The predicted octanol–water partition coefficient (Wildman–Crippen LogP) is 5.64. The molecule has 3 aromatic rings. The minimum absolute atomic E-state index is 0.455. The standard InChI is InChI=1S/C29H31N5/c1-19-5-3-4-6-23(19)21-16-25-24(8-10-27(25)30-17-21)20-7-9-28-26(15-20)29(32-18-31-28)33-22-11-13-34(2)14-12-22/h4,6-9,15-18,22H,3,5,10-14H2,1-2H3,(H,31,32,33). The minimum atomic E-state index is 0.455. The third kappa shape index (κ3) is 3.94. The molecule has 3 aliphatic rings. The highest BCUT2D eigenvalue weighted by atomic mass is 15.1. The molecule has 1 N–H and O–H groups in total. The van der Waals surface area contributed by atoms with Crippen LogP contribution in [0.15, 0.2) is 60.6 Å². The molecule has 0 radical (unpaired) electrons. The van der Waals surface area contributed by atoms with Gasteiger partial charge in [0.25, 0.3) is 0 Å². The summed E-state index contributed by atoms with van der Waals surface area (Å²) in [7, 11) is 2.19. The molecule has 1 fully saturated rings. The van der Waals surface area contributed by atoms with Crippen molar-refractivity contribution in [3.8, 4) is 0 Å². The van der Waals surface area contributed by atoms with Crippen molar-refractivity contribution in [2.45, 2.75) is 45.1 Å². The Morgan fingerprint density at radius 3 is 2.76 bits per heavy atom. The summed E-state index contributed by atoms with van der Waals surface area (Å²) in [6.07, 6.45) is 16.0. The number of hydrogen-bond donors (Lipinski definition) is 1. The largest absolute Gasteiger partial charge is 0.367 e. The smallest absolute Gasteiger partial charge is 0.137 e. The van der Waals surface area contributed by atoms with Crippen molar-refractivity contribution in [1.82, 2.24) is 19.9 Å². The number of piperidine rings is 1. The predicted molar refractivity (Wildman–Crippen MR) is 140 cm³/mol. The van der Waals surface area contributed by atoms with Crippen LogP contribution in [0, 0.1) is 0 Å². The zero-order chi connectivity index (χ0) is 23.1. The van der Waals surface area contributed by atoms with Gasteiger partial charge in [-0.3, -0.25) is 4.98 Å². The molecule has 0 spiro atoms. The van der Waals surface area contributed by atoms with Crippen LogP contribution in [0.1, 0.15) is 55.0 Å². The molecule has 1 aliphatic heterocycles. The lowest BCUT2D eigenvalue weighted by atomic mass is 9.92. The monoisotopic (exact) mass is 449 g/mol. The summed E-state index contributed by atoms with van der Waals surface area (Å²) in [5, 5.41) is 4.80. The first-order chi connectivity index (χ1) is 16.7. The maximum atomic E-state index is 4.85. The molecule has 0 atom stereocenters. The number of likely N-dealkylation sites (tertiary alicyclic amines) is 1. The summed E-state index contributed by atoms with van der Waals surface area (Å²) < 4.78 is 0. The number of nitrogens with one attached hydrogen (secondary N) is 1. The number of pyridine rings is 1. The Morgan fingerprint density at radius 1 is 1.03 bits per heavy atom. The summed E-state index contributed by atoms with van der Waals surface area (Å²) in [4.78, 5) is 16.4. The molecule has 6 rings (SSSR count). The van der Waals surface area contributed by atoms with Crippen LogP contribution >= 0.6 is 0 Å². The molecular weight excluding hydrogens is 418 g/mol. The molecule has 1 aromatic carbocycles. The van der Waals surface area contributed by atoms with Crippen molar-refractivity contribution in [3.05, 3.63) is 83.0 Å². The lowest BCUT2D eigenvalue weighted by Gasteiger charge is -2.30. The second-order valence-electron chi connectivity index (χ2n) is 9.85. The average molecular weight is 450 g/mol. The van der Waals surface area contributed by atoms with Crippen LogP contribution in [-0.4, -0.2) is 46.0 Å². The number of anilines is 1. The van der Waals surface area contributed by atoms with E-state index in [0.29, 0.717) is 6.04 Å². The molecular formula is C29H31N5. The number of benzene rings is 1. The Morgan fingerprint density at radius 2 is 1.91 bits per heavy atom. The molecule has 5 heteroatoms. The third-order valence-electron chi connectivity index (χ3n) is 7.51. The van der Waals surface area contributed by atoms with Gasteiger partial charge in [-0.25, -0.2) is 9.97 Å². The average Bonchev–Trinajstić information content (AvgIpc) is 3.29. The summed E-state index contributed by atoms with van der Waals surface area (Å²) in [5.41, 5.74) is 9.84. The van der Waals surface area contributed by atoms with E-state index in [1.165, 1.54) is 33.4 Å². The third-order valence-corrected chi connectivity index (χ3v) is 7.51. The van der Waals surface area contributed by atoms with Crippen LogP contribution in [0.3, 0.4) is 0 Å². The second-order valence-corrected chi connectivity index (χ2v) is 9.85. The molecule has 0 amide bonds. The van der Waals surface area contributed by atoms with Gasteiger partial charge in [0.2, 0.25) is 0 Å². The molecule has 0 unspecified atom stereocenters. The van der Waals surface area contributed by atoms with Gasteiger partial charge in [-0.05, 0) is 87.7 Å². The summed E-state index contributed by atoms with van der Waals surface area (Å²) in [6.45, 7) is 4.48. The fourth-order valence-corrected chi connectivity index (χ4v) is 5.42.